The Morgan fingerprint density at radius 3 is 2.69 bits per heavy atom. The first-order chi connectivity index (χ1) is 6.06. The fourth-order valence-electron chi connectivity index (χ4n) is 0.965. The summed E-state index contributed by atoms with van der Waals surface area (Å²) in [5.41, 5.74) is 0.928. The summed E-state index contributed by atoms with van der Waals surface area (Å²) >= 11 is 5.32. The van der Waals surface area contributed by atoms with Crippen molar-refractivity contribution >= 4 is 44.3 Å². The van der Waals surface area contributed by atoms with Crippen molar-refractivity contribution in [3.8, 4) is 6.07 Å². The molecule has 0 aliphatic heterocycles. The van der Waals surface area contributed by atoms with Gasteiger partial charge >= 0.3 is 0 Å². The lowest BCUT2D eigenvalue weighted by Crippen LogP contribution is -1.98. The van der Waals surface area contributed by atoms with Crippen LogP contribution in [-0.4, -0.2) is 5.78 Å². The van der Waals surface area contributed by atoms with E-state index in [4.69, 9.17) is 5.26 Å². The third kappa shape index (κ3) is 2.29. The smallest absolute Gasteiger partial charge is 0.161 e. The summed E-state index contributed by atoms with van der Waals surface area (Å²) < 4.78 is 1.61. The van der Waals surface area contributed by atoms with Crippen molar-refractivity contribution in [1.29, 1.82) is 5.26 Å². The molecule has 13 heavy (non-hydrogen) atoms. The molecule has 0 bridgehead atoms. The Bertz CT molecular complexity index is 409. The molecule has 4 heteroatoms. The molecule has 0 atom stereocenters. The van der Waals surface area contributed by atoms with Crippen LogP contribution in [0.15, 0.2) is 16.6 Å². The third-order valence-electron chi connectivity index (χ3n) is 1.55. The van der Waals surface area contributed by atoms with E-state index >= 15 is 0 Å². The molecule has 66 valence electrons. The van der Waals surface area contributed by atoms with Crippen LogP contribution in [0.5, 0.6) is 0 Å². The van der Waals surface area contributed by atoms with Crippen LogP contribution in [0, 0.1) is 14.9 Å². The van der Waals surface area contributed by atoms with Crippen LogP contribution in [0.1, 0.15) is 22.8 Å². The minimum absolute atomic E-state index is 0.0873. The van der Waals surface area contributed by atoms with Crippen molar-refractivity contribution in [2.75, 3.05) is 0 Å². The quantitative estimate of drug-likeness (QED) is 0.577. The molecule has 0 radical (unpaired) electrons. The lowest BCUT2D eigenvalue weighted by atomic mass is 10.1. The van der Waals surface area contributed by atoms with Crippen molar-refractivity contribution in [1.82, 2.24) is 0 Å². The highest BCUT2D eigenvalue weighted by atomic mass is 127. The molecule has 0 spiro atoms. The summed E-state index contributed by atoms with van der Waals surface area (Å²) in [6, 6.07) is 5.50. The molecule has 1 rings (SSSR count). The van der Waals surface area contributed by atoms with Crippen LogP contribution in [0.3, 0.4) is 0 Å². The average Bonchev–Trinajstić information content (AvgIpc) is 2.02. The van der Waals surface area contributed by atoms with Crippen molar-refractivity contribution < 1.29 is 4.79 Å². The van der Waals surface area contributed by atoms with Gasteiger partial charge in [-0.15, -0.1) is 0 Å². The molecule has 0 aromatic heterocycles. The number of rotatable bonds is 1. The van der Waals surface area contributed by atoms with E-state index < -0.39 is 0 Å². The Morgan fingerprint density at radius 2 is 2.23 bits per heavy atom. The normalized spacial score (nSPS) is 9.38. The number of halogens is 2. The first-order valence-electron chi connectivity index (χ1n) is 3.46. The lowest BCUT2D eigenvalue weighted by molar-refractivity contribution is 0.101. The molecule has 1 aromatic rings. The van der Waals surface area contributed by atoms with Gasteiger partial charge in [-0.1, -0.05) is 15.9 Å². The maximum Gasteiger partial charge on any atom is 0.161 e. The van der Waals surface area contributed by atoms with E-state index in [-0.39, 0.29) is 5.78 Å². The first kappa shape index (κ1) is 10.7. The number of nitriles is 1. The molecule has 0 unspecified atom stereocenters. The standard InChI is InChI=1S/C9H5BrINO/c1-5(13)7-2-6(10)3-9(11)8(7)4-12/h2-3H,1H3. The zero-order chi connectivity index (χ0) is 10.0. The van der Waals surface area contributed by atoms with E-state index in [1.165, 1.54) is 6.92 Å². The molecular weight excluding hydrogens is 345 g/mol. The van der Waals surface area contributed by atoms with Gasteiger partial charge in [-0.3, -0.25) is 4.79 Å². The Labute approximate surface area is 98.2 Å². The van der Waals surface area contributed by atoms with Gasteiger partial charge < -0.3 is 0 Å². The number of carbonyl (C=O) groups is 1. The molecule has 0 aliphatic carbocycles. The first-order valence-corrected chi connectivity index (χ1v) is 5.33. The number of nitrogens with zero attached hydrogens (tertiary/aromatic N) is 1. The minimum atomic E-state index is -0.0873. The Hall–Kier alpha value is -0.410. The lowest BCUT2D eigenvalue weighted by Gasteiger charge is -2.02. The summed E-state index contributed by atoms with van der Waals surface area (Å²) in [6.07, 6.45) is 0. The van der Waals surface area contributed by atoms with E-state index in [0.29, 0.717) is 11.1 Å². The highest BCUT2D eigenvalue weighted by molar-refractivity contribution is 14.1. The summed E-state index contributed by atoms with van der Waals surface area (Å²) in [7, 11) is 0. The highest BCUT2D eigenvalue weighted by Gasteiger charge is 2.11. The number of hydrogen-bond acceptors (Lipinski definition) is 2. The number of carbonyl (C=O) groups excluding carboxylic acids is 1. The minimum Gasteiger partial charge on any atom is -0.294 e. The monoisotopic (exact) mass is 349 g/mol. The fourth-order valence-corrected chi connectivity index (χ4v) is 2.60. The molecule has 2 nitrogen and oxygen atoms in total. The van der Waals surface area contributed by atoms with Crippen LogP contribution >= 0.6 is 38.5 Å². The van der Waals surface area contributed by atoms with Crippen LogP contribution in [0.25, 0.3) is 0 Å². The Morgan fingerprint density at radius 1 is 1.62 bits per heavy atom. The van der Waals surface area contributed by atoms with Crippen molar-refractivity contribution in [3.05, 3.63) is 31.3 Å². The number of ketones is 1. The van der Waals surface area contributed by atoms with Gasteiger partial charge in [0, 0.05) is 13.6 Å². The molecule has 0 saturated heterocycles. The molecule has 0 N–H and O–H groups in total. The van der Waals surface area contributed by atoms with Gasteiger partial charge in [0.2, 0.25) is 0 Å². The van der Waals surface area contributed by atoms with E-state index in [0.717, 1.165) is 8.04 Å². The second-order valence-corrected chi connectivity index (χ2v) is 4.56. The second kappa shape index (κ2) is 4.20. The Kier molecular flexibility index (Phi) is 3.45. The number of benzene rings is 1. The summed E-state index contributed by atoms with van der Waals surface area (Å²) in [4.78, 5) is 11.2. The van der Waals surface area contributed by atoms with Crippen molar-refractivity contribution in [3.63, 3.8) is 0 Å². The predicted octanol–water partition coefficient (Wildman–Crippen LogP) is 3.13. The van der Waals surface area contributed by atoms with Gasteiger partial charge in [0.15, 0.2) is 5.78 Å². The Balaban J connectivity index is 3.50. The molecule has 0 heterocycles. The zero-order valence-corrected chi connectivity index (χ0v) is 10.5. The van der Waals surface area contributed by atoms with Crippen LogP contribution in [-0.2, 0) is 0 Å². The molecule has 0 saturated carbocycles. The fraction of sp³-hybridized carbons (Fsp3) is 0.111. The van der Waals surface area contributed by atoms with Gasteiger partial charge in [0.1, 0.15) is 6.07 Å². The second-order valence-electron chi connectivity index (χ2n) is 2.48. The highest BCUT2D eigenvalue weighted by Crippen LogP contribution is 2.22. The SMILES string of the molecule is CC(=O)c1cc(Br)cc(I)c1C#N. The van der Waals surface area contributed by atoms with Gasteiger partial charge in [0.05, 0.1) is 5.56 Å². The molecule has 0 aliphatic rings. The summed E-state index contributed by atoms with van der Waals surface area (Å²) in [5, 5.41) is 8.82. The molecule has 0 fully saturated rings. The van der Waals surface area contributed by atoms with Gasteiger partial charge in [-0.25, -0.2) is 0 Å². The van der Waals surface area contributed by atoms with Gasteiger partial charge in [-0.05, 0) is 41.6 Å². The number of hydrogen-bond donors (Lipinski definition) is 0. The molecule has 1 aromatic carbocycles. The molecular formula is C9H5BrINO. The number of Topliss-reactive ketones (excluding diaryl/α,β-unsaturated/α-hetero) is 1. The average molecular weight is 350 g/mol. The summed E-state index contributed by atoms with van der Waals surface area (Å²) in [6.45, 7) is 1.46. The zero-order valence-electron chi connectivity index (χ0n) is 6.77. The third-order valence-corrected chi connectivity index (χ3v) is 2.85. The van der Waals surface area contributed by atoms with E-state index in [2.05, 4.69) is 15.9 Å². The maximum atomic E-state index is 11.2. The predicted molar refractivity (Wildman–Crippen MR) is 61.6 cm³/mol. The van der Waals surface area contributed by atoms with Gasteiger partial charge in [0.25, 0.3) is 0 Å². The van der Waals surface area contributed by atoms with Crippen LogP contribution in [0.2, 0.25) is 0 Å². The van der Waals surface area contributed by atoms with Crippen molar-refractivity contribution in [2.45, 2.75) is 6.92 Å². The maximum absolute atomic E-state index is 11.2. The van der Waals surface area contributed by atoms with E-state index in [1.54, 1.807) is 6.07 Å². The van der Waals surface area contributed by atoms with Crippen LogP contribution < -0.4 is 0 Å². The van der Waals surface area contributed by atoms with E-state index in [9.17, 15) is 4.79 Å². The van der Waals surface area contributed by atoms with Crippen LogP contribution in [0.4, 0.5) is 0 Å². The van der Waals surface area contributed by atoms with E-state index in [1.807, 2.05) is 34.7 Å². The van der Waals surface area contributed by atoms with Crippen molar-refractivity contribution in [2.24, 2.45) is 0 Å². The van der Waals surface area contributed by atoms with Gasteiger partial charge in [-0.2, -0.15) is 5.26 Å². The summed E-state index contributed by atoms with van der Waals surface area (Å²) in [5.74, 6) is -0.0873. The largest absolute Gasteiger partial charge is 0.294 e. The molecule has 0 amide bonds. The topological polar surface area (TPSA) is 40.9 Å².